The summed E-state index contributed by atoms with van der Waals surface area (Å²) in [6.07, 6.45) is -0.172. The minimum Gasteiger partial charge on any atom is -0.496 e. The third-order valence-corrected chi connectivity index (χ3v) is 3.37. The number of ether oxygens (including phenoxy) is 1. The largest absolute Gasteiger partial charge is 0.496 e. The molecule has 1 aromatic carbocycles. The number of ketones is 1. The molecule has 0 radical (unpaired) electrons. The molecule has 0 aliphatic heterocycles. The molecule has 0 heterocycles. The summed E-state index contributed by atoms with van der Waals surface area (Å²) in [5.74, 6) is -1.16. The molecule has 1 aromatic rings. The summed E-state index contributed by atoms with van der Waals surface area (Å²) in [6, 6.07) is 1.93. The van der Waals surface area contributed by atoms with Crippen LogP contribution in [0.3, 0.4) is 0 Å². The van der Waals surface area contributed by atoms with E-state index < -0.39 is 11.9 Å². The van der Waals surface area contributed by atoms with E-state index in [1.807, 2.05) is 26.8 Å². The van der Waals surface area contributed by atoms with Gasteiger partial charge < -0.3 is 9.84 Å². The molecule has 0 aliphatic rings. The first-order valence-electron chi connectivity index (χ1n) is 6.20. The number of carbonyl (C=O) groups is 2. The Morgan fingerprint density at radius 3 is 2.32 bits per heavy atom. The van der Waals surface area contributed by atoms with Gasteiger partial charge in [0.25, 0.3) is 0 Å². The van der Waals surface area contributed by atoms with Gasteiger partial charge in [-0.05, 0) is 37.5 Å². The fourth-order valence-corrected chi connectivity index (χ4v) is 2.21. The number of carbonyl (C=O) groups excluding carboxylic acids is 1. The number of hydrogen-bond acceptors (Lipinski definition) is 3. The van der Waals surface area contributed by atoms with Gasteiger partial charge in [-0.15, -0.1) is 0 Å². The average Bonchev–Trinajstić information content (AvgIpc) is 2.31. The predicted octanol–water partition coefficient (Wildman–Crippen LogP) is 2.91. The number of rotatable bonds is 5. The zero-order valence-corrected chi connectivity index (χ0v) is 12.0. The highest BCUT2D eigenvalue weighted by Crippen LogP contribution is 2.31. The van der Waals surface area contributed by atoms with Gasteiger partial charge in [-0.25, -0.2) is 0 Å². The van der Waals surface area contributed by atoms with Crippen molar-refractivity contribution in [1.82, 2.24) is 0 Å². The van der Waals surface area contributed by atoms with Crippen molar-refractivity contribution < 1.29 is 19.4 Å². The van der Waals surface area contributed by atoms with Crippen LogP contribution in [0.25, 0.3) is 0 Å². The zero-order valence-electron chi connectivity index (χ0n) is 12.0. The van der Waals surface area contributed by atoms with Gasteiger partial charge in [0.2, 0.25) is 0 Å². The number of Topliss-reactive ketones (excluding diaryl/α,β-unsaturated/α-hetero) is 1. The molecule has 0 bridgehead atoms. The third-order valence-electron chi connectivity index (χ3n) is 3.37. The van der Waals surface area contributed by atoms with Gasteiger partial charge in [-0.2, -0.15) is 0 Å². The first-order chi connectivity index (χ1) is 8.79. The molecule has 0 saturated carbocycles. The number of carboxylic acid groups (broad SMARTS) is 1. The Labute approximate surface area is 113 Å². The van der Waals surface area contributed by atoms with Crippen molar-refractivity contribution in [1.29, 1.82) is 0 Å². The van der Waals surface area contributed by atoms with Crippen LogP contribution in [-0.2, 0) is 4.79 Å². The molecule has 0 fully saturated rings. The van der Waals surface area contributed by atoms with Crippen LogP contribution in [-0.4, -0.2) is 24.0 Å². The lowest BCUT2D eigenvalue weighted by Gasteiger charge is -2.18. The summed E-state index contributed by atoms with van der Waals surface area (Å²) in [5, 5.41) is 8.79. The van der Waals surface area contributed by atoms with Crippen LogP contribution in [0, 0.1) is 26.7 Å². The van der Waals surface area contributed by atoms with Crippen LogP contribution in [0.15, 0.2) is 6.07 Å². The smallest absolute Gasteiger partial charge is 0.304 e. The Morgan fingerprint density at radius 2 is 1.84 bits per heavy atom. The lowest BCUT2D eigenvalue weighted by atomic mass is 9.90. The van der Waals surface area contributed by atoms with Crippen molar-refractivity contribution >= 4 is 11.8 Å². The number of hydrogen-bond donors (Lipinski definition) is 1. The highest BCUT2D eigenvalue weighted by molar-refractivity contribution is 6.03. The van der Waals surface area contributed by atoms with Crippen molar-refractivity contribution in [3.8, 4) is 5.75 Å². The Hall–Kier alpha value is -1.84. The quantitative estimate of drug-likeness (QED) is 0.830. The average molecular weight is 264 g/mol. The van der Waals surface area contributed by atoms with Crippen LogP contribution in [0.1, 0.15) is 40.4 Å². The minimum absolute atomic E-state index is 0.172. The Morgan fingerprint density at radius 1 is 1.26 bits per heavy atom. The molecular weight excluding hydrogens is 244 g/mol. The molecule has 1 atom stereocenters. The van der Waals surface area contributed by atoms with Gasteiger partial charge in [-0.3, -0.25) is 9.59 Å². The predicted molar refractivity (Wildman–Crippen MR) is 73.0 cm³/mol. The van der Waals surface area contributed by atoms with Crippen LogP contribution >= 0.6 is 0 Å². The summed E-state index contributed by atoms with van der Waals surface area (Å²) in [4.78, 5) is 23.1. The fraction of sp³-hybridized carbons (Fsp3) is 0.467. The second kappa shape index (κ2) is 5.87. The minimum atomic E-state index is -0.971. The normalized spacial score (nSPS) is 12.1. The monoisotopic (exact) mass is 264 g/mol. The highest BCUT2D eigenvalue weighted by Gasteiger charge is 2.24. The van der Waals surface area contributed by atoms with E-state index in [0.29, 0.717) is 11.3 Å². The van der Waals surface area contributed by atoms with Gasteiger partial charge in [0.15, 0.2) is 5.78 Å². The summed E-state index contributed by atoms with van der Waals surface area (Å²) in [5.41, 5.74) is 3.29. The Bertz CT molecular complexity index is 517. The number of carboxylic acids is 1. The van der Waals surface area contributed by atoms with E-state index in [-0.39, 0.29) is 12.2 Å². The number of methoxy groups -OCH3 is 1. The molecule has 1 rings (SSSR count). The SMILES string of the molecule is COc1c(C)c(C)cc(C)c1C(=O)C(C)CC(=O)O. The maximum atomic E-state index is 12.4. The van der Waals surface area contributed by atoms with Crippen LogP contribution < -0.4 is 4.74 Å². The summed E-state index contributed by atoms with van der Waals surface area (Å²) in [6.45, 7) is 7.33. The standard InChI is InChI=1S/C15H20O4/c1-8-6-9(2)13(15(19-5)11(8)4)14(18)10(3)7-12(16)17/h6,10H,7H2,1-5H3,(H,16,17). The van der Waals surface area contributed by atoms with Crippen LogP contribution in [0.5, 0.6) is 5.75 Å². The van der Waals surface area contributed by atoms with Gasteiger partial charge in [0.1, 0.15) is 5.75 Å². The van der Waals surface area contributed by atoms with Crippen LogP contribution in [0.4, 0.5) is 0 Å². The van der Waals surface area contributed by atoms with Gasteiger partial charge in [-0.1, -0.05) is 13.0 Å². The lowest BCUT2D eigenvalue weighted by molar-refractivity contribution is -0.137. The number of aryl methyl sites for hydroxylation is 2. The fourth-order valence-electron chi connectivity index (χ4n) is 2.21. The van der Waals surface area contributed by atoms with E-state index in [0.717, 1.165) is 16.7 Å². The van der Waals surface area contributed by atoms with Gasteiger partial charge in [0, 0.05) is 5.92 Å². The molecule has 1 unspecified atom stereocenters. The number of benzene rings is 1. The van der Waals surface area contributed by atoms with E-state index in [1.165, 1.54) is 7.11 Å². The number of aliphatic carboxylic acids is 1. The maximum Gasteiger partial charge on any atom is 0.304 e. The van der Waals surface area contributed by atoms with Crippen molar-refractivity contribution in [3.05, 3.63) is 28.3 Å². The molecule has 0 saturated heterocycles. The highest BCUT2D eigenvalue weighted by atomic mass is 16.5. The van der Waals surface area contributed by atoms with Crippen molar-refractivity contribution in [2.75, 3.05) is 7.11 Å². The van der Waals surface area contributed by atoms with E-state index in [1.54, 1.807) is 6.92 Å². The molecule has 4 heteroatoms. The second-order valence-electron chi connectivity index (χ2n) is 4.91. The van der Waals surface area contributed by atoms with Gasteiger partial charge in [0.05, 0.1) is 19.1 Å². The molecule has 0 amide bonds. The first kappa shape index (κ1) is 15.2. The molecule has 0 aromatic heterocycles. The molecule has 0 aliphatic carbocycles. The van der Waals surface area contributed by atoms with E-state index in [4.69, 9.17) is 9.84 Å². The maximum absolute atomic E-state index is 12.4. The Kier molecular flexibility index (Phi) is 4.70. The first-order valence-corrected chi connectivity index (χ1v) is 6.20. The topological polar surface area (TPSA) is 63.6 Å². The van der Waals surface area contributed by atoms with Crippen molar-refractivity contribution in [2.24, 2.45) is 5.92 Å². The Balaban J connectivity index is 3.30. The molecule has 1 N–H and O–H groups in total. The van der Waals surface area contributed by atoms with E-state index in [9.17, 15) is 9.59 Å². The van der Waals surface area contributed by atoms with Gasteiger partial charge >= 0.3 is 5.97 Å². The summed E-state index contributed by atoms with van der Waals surface area (Å²) < 4.78 is 5.35. The van der Waals surface area contributed by atoms with Crippen molar-refractivity contribution in [3.63, 3.8) is 0 Å². The molecule has 104 valence electrons. The van der Waals surface area contributed by atoms with Crippen molar-refractivity contribution in [2.45, 2.75) is 34.1 Å². The zero-order chi connectivity index (χ0) is 14.7. The van der Waals surface area contributed by atoms with Crippen LogP contribution in [0.2, 0.25) is 0 Å². The van der Waals surface area contributed by atoms with E-state index >= 15 is 0 Å². The summed E-state index contributed by atoms with van der Waals surface area (Å²) in [7, 11) is 1.53. The second-order valence-corrected chi connectivity index (χ2v) is 4.91. The molecule has 0 spiro atoms. The molecule has 4 nitrogen and oxygen atoms in total. The molecular formula is C15H20O4. The molecule has 19 heavy (non-hydrogen) atoms. The third kappa shape index (κ3) is 3.13. The lowest BCUT2D eigenvalue weighted by Crippen LogP contribution is -2.18. The summed E-state index contributed by atoms with van der Waals surface area (Å²) >= 11 is 0. The van der Waals surface area contributed by atoms with E-state index in [2.05, 4.69) is 0 Å².